The van der Waals surface area contributed by atoms with Crippen molar-refractivity contribution in [3.8, 4) is 79.0 Å². The molecule has 0 radical (unpaired) electrons. The highest BCUT2D eigenvalue weighted by Gasteiger charge is 2.19. The highest BCUT2D eigenvalue weighted by atomic mass is 16.3. The Bertz CT molecular complexity index is 3060. The van der Waals surface area contributed by atoms with Crippen LogP contribution in [0.4, 0.5) is 5.69 Å². The van der Waals surface area contributed by atoms with Crippen molar-refractivity contribution in [2.75, 3.05) is 5.73 Å². The minimum Gasteiger partial charge on any atom is -0.435 e. The molecule has 0 amide bonds. The molecule has 0 atom stereocenters. The third kappa shape index (κ3) is 6.15. The van der Waals surface area contributed by atoms with Crippen LogP contribution < -0.4 is 5.73 Å². The van der Waals surface area contributed by atoms with E-state index in [-0.39, 0.29) is 0 Å². The van der Waals surface area contributed by atoms with Gasteiger partial charge in [-0.15, -0.1) is 0 Å². The molecule has 6 heteroatoms. The Balaban J connectivity index is 1.08. The summed E-state index contributed by atoms with van der Waals surface area (Å²) in [5.74, 6) is 2.36. The molecular weight excluding hydrogens is 687 g/mol. The maximum absolute atomic E-state index is 6.52. The molecule has 10 aromatic rings. The van der Waals surface area contributed by atoms with Crippen LogP contribution in [0.1, 0.15) is 0 Å². The zero-order valence-corrected chi connectivity index (χ0v) is 30.2. The number of hydrogen-bond donors (Lipinski definition) is 1. The average Bonchev–Trinajstić information content (AvgIpc) is 3.72. The van der Waals surface area contributed by atoms with Gasteiger partial charge < -0.3 is 10.2 Å². The summed E-state index contributed by atoms with van der Waals surface area (Å²) in [6.45, 7) is 0. The molecular formula is C50H33N5O. The molecule has 0 unspecified atom stereocenters. The number of nitrogens with zero attached hydrogens (tertiary/aromatic N) is 4. The minimum atomic E-state index is 0.586. The van der Waals surface area contributed by atoms with Gasteiger partial charge in [0.05, 0.1) is 0 Å². The highest BCUT2D eigenvalue weighted by Crippen LogP contribution is 2.39. The van der Waals surface area contributed by atoms with Gasteiger partial charge in [-0.2, -0.15) is 0 Å². The normalized spacial score (nSPS) is 11.3. The SMILES string of the molecule is Nc1cccc(-c2cccc(-c3nc(-c4ccccc4)nc(-c4ccccc4-c4cccc(-c5ccccc5-c5nc6ccc7ccccc7c6o5)c4)n3)c2)c1. The van der Waals surface area contributed by atoms with Crippen molar-refractivity contribution in [2.45, 2.75) is 0 Å². The molecule has 2 heterocycles. The number of hydrogen-bond acceptors (Lipinski definition) is 6. The number of nitrogen functional groups attached to an aromatic ring is 1. The van der Waals surface area contributed by atoms with Crippen molar-refractivity contribution in [1.29, 1.82) is 0 Å². The van der Waals surface area contributed by atoms with E-state index >= 15 is 0 Å². The molecule has 56 heavy (non-hydrogen) atoms. The van der Waals surface area contributed by atoms with Crippen LogP contribution in [0, 0.1) is 0 Å². The van der Waals surface area contributed by atoms with Gasteiger partial charge in [0.15, 0.2) is 23.1 Å². The Kier molecular flexibility index (Phi) is 8.19. The number of rotatable bonds is 7. The van der Waals surface area contributed by atoms with Crippen LogP contribution in [0.2, 0.25) is 0 Å². The van der Waals surface area contributed by atoms with Crippen LogP contribution in [0.25, 0.3) is 101 Å². The van der Waals surface area contributed by atoms with Gasteiger partial charge in [0.1, 0.15) is 5.52 Å². The Morgan fingerprint density at radius 1 is 0.357 bits per heavy atom. The third-order valence-electron chi connectivity index (χ3n) is 10.1. The second kappa shape index (κ2) is 13.9. The third-order valence-corrected chi connectivity index (χ3v) is 10.1. The van der Waals surface area contributed by atoms with E-state index in [1.807, 2.05) is 91.0 Å². The van der Waals surface area contributed by atoms with Crippen molar-refractivity contribution < 1.29 is 4.42 Å². The molecule has 264 valence electrons. The first-order chi connectivity index (χ1) is 27.6. The van der Waals surface area contributed by atoms with E-state index in [0.717, 1.165) is 77.5 Å². The second-order valence-corrected chi connectivity index (χ2v) is 13.7. The minimum absolute atomic E-state index is 0.586. The summed E-state index contributed by atoms with van der Waals surface area (Å²) in [6.07, 6.45) is 0. The van der Waals surface area contributed by atoms with Gasteiger partial charge in [0.25, 0.3) is 0 Å². The number of anilines is 1. The molecule has 0 spiro atoms. The Morgan fingerprint density at radius 2 is 0.893 bits per heavy atom. The number of fused-ring (bicyclic) bond motifs is 3. The van der Waals surface area contributed by atoms with Gasteiger partial charge >= 0.3 is 0 Å². The van der Waals surface area contributed by atoms with Crippen LogP contribution in [-0.4, -0.2) is 19.9 Å². The molecule has 0 aliphatic heterocycles. The summed E-state index contributed by atoms with van der Waals surface area (Å²) in [5, 5.41) is 2.17. The summed E-state index contributed by atoms with van der Waals surface area (Å²) >= 11 is 0. The van der Waals surface area contributed by atoms with E-state index in [1.165, 1.54) is 0 Å². The zero-order valence-electron chi connectivity index (χ0n) is 30.2. The molecule has 6 nitrogen and oxygen atoms in total. The lowest BCUT2D eigenvalue weighted by molar-refractivity contribution is 0.623. The Labute approximate surface area is 323 Å². The fourth-order valence-corrected chi connectivity index (χ4v) is 7.37. The van der Waals surface area contributed by atoms with Crippen molar-refractivity contribution in [1.82, 2.24) is 19.9 Å². The summed E-state index contributed by atoms with van der Waals surface area (Å²) in [4.78, 5) is 20.2. The van der Waals surface area contributed by atoms with E-state index in [2.05, 4.69) is 97.1 Å². The monoisotopic (exact) mass is 719 g/mol. The smallest absolute Gasteiger partial charge is 0.227 e. The van der Waals surface area contributed by atoms with Crippen LogP contribution in [-0.2, 0) is 0 Å². The van der Waals surface area contributed by atoms with E-state index < -0.39 is 0 Å². The van der Waals surface area contributed by atoms with Crippen LogP contribution in [0.5, 0.6) is 0 Å². The van der Waals surface area contributed by atoms with Gasteiger partial charge in [0, 0.05) is 33.3 Å². The van der Waals surface area contributed by atoms with Crippen molar-refractivity contribution >= 4 is 27.6 Å². The lowest BCUT2D eigenvalue weighted by atomic mass is 9.93. The van der Waals surface area contributed by atoms with Crippen LogP contribution >= 0.6 is 0 Å². The van der Waals surface area contributed by atoms with Crippen molar-refractivity contribution in [3.05, 3.63) is 188 Å². The number of benzene rings is 8. The topological polar surface area (TPSA) is 90.7 Å². The number of nitrogens with two attached hydrogens (primary N) is 1. The van der Waals surface area contributed by atoms with E-state index in [9.17, 15) is 0 Å². The number of oxazole rings is 1. The summed E-state index contributed by atoms with van der Waals surface area (Å²) in [6, 6.07) is 63.7. The molecule has 0 bridgehead atoms. The molecule has 10 rings (SSSR count). The molecule has 2 aromatic heterocycles. The standard InChI is InChI=1S/C50H33N5O/c51-39-21-12-17-35(31-39)34-16-10-20-38(29-34)48-53-47(33-14-2-1-3-15-33)54-49(55-48)43-25-8-6-22-40(43)36-18-11-19-37(30-36)41-23-7-9-26-44(41)50-52-45-28-27-32-13-4-5-24-42(32)46(45)56-50/h1-31H,51H2. The maximum Gasteiger partial charge on any atom is 0.227 e. The van der Waals surface area contributed by atoms with Crippen LogP contribution in [0.3, 0.4) is 0 Å². The summed E-state index contributed by atoms with van der Waals surface area (Å²) in [7, 11) is 0. The van der Waals surface area contributed by atoms with E-state index in [4.69, 9.17) is 30.1 Å². The highest BCUT2D eigenvalue weighted by molar-refractivity contribution is 6.03. The quantitative estimate of drug-likeness (QED) is 0.165. The van der Waals surface area contributed by atoms with Gasteiger partial charge in [0.2, 0.25) is 5.89 Å². The maximum atomic E-state index is 6.52. The van der Waals surface area contributed by atoms with Gasteiger partial charge in [-0.05, 0) is 75.2 Å². The predicted molar refractivity (Wildman–Crippen MR) is 227 cm³/mol. The van der Waals surface area contributed by atoms with Gasteiger partial charge in [-0.25, -0.2) is 19.9 Å². The van der Waals surface area contributed by atoms with Crippen molar-refractivity contribution in [2.24, 2.45) is 0 Å². The zero-order chi connectivity index (χ0) is 37.4. The molecule has 0 saturated heterocycles. The van der Waals surface area contributed by atoms with Crippen LogP contribution in [0.15, 0.2) is 192 Å². The fourth-order valence-electron chi connectivity index (χ4n) is 7.37. The first-order valence-electron chi connectivity index (χ1n) is 18.5. The molecule has 0 fully saturated rings. The Hall–Kier alpha value is -7.70. The second-order valence-electron chi connectivity index (χ2n) is 13.7. The summed E-state index contributed by atoms with van der Waals surface area (Å²) in [5.41, 5.74) is 18.3. The lowest BCUT2D eigenvalue weighted by Crippen LogP contribution is -2.01. The average molecular weight is 720 g/mol. The number of aromatic nitrogens is 4. The molecule has 0 saturated carbocycles. The van der Waals surface area contributed by atoms with Crippen molar-refractivity contribution in [3.63, 3.8) is 0 Å². The van der Waals surface area contributed by atoms with Gasteiger partial charge in [-0.1, -0.05) is 152 Å². The molecule has 0 aliphatic carbocycles. The first kappa shape index (κ1) is 32.9. The summed E-state index contributed by atoms with van der Waals surface area (Å²) < 4.78 is 6.52. The molecule has 8 aromatic carbocycles. The Morgan fingerprint density at radius 3 is 1.66 bits per heavy atom. The largest absolute Gasteiger partial charge is 0.435 e. The molecule has 0 aliphatic rings. The first-order valence-corrected chi connectivity index (χ1v) is 18.5. The van der Waals surface area contributed by atoms with E-state index in [0.29, 0.717) is 29.1 Å². The van der Waals surface area contributed by atoms with Gasteiger partial charge in [-0.3, -0.25) is 0 Å². The molecule has 2 N–H and O–H groups in total. The lowest BCUT2D eigenvalue weighted by Gasteiger charge is -2.14. The van der Waals surface area contributed by atoms with E-state index in [1.54, 1.807) is 0 Å². The fraction of sp³-hybridized carbons (Fsp3) is 0. The predicted octanol–water partition coefficient (Wildman–Crippen LogP) is 12.4.